The van der Waals surface area contributed by atoms with Crippen LogP contribution in [0.5, 0.6) is 0 Å². The smallest absolute Gasteiger partial charge is 0.268 e. The molecule has 0 aliphatic rings. The molecule has 0 spiro atoms. The van der Waals surface area contributed by atoms with E-state index in [-0.39, 0.29) is 18.3 Å². The maximum Gasteiger partial charge on any atom is 0.268 e. The summed E-state index contributed by atoms with van der Waals surface area (Å²) in [5, 5.41) is 11.3. The van der Waals surface area contributed by atoms with Crippen LogP contribution in [0.2, 0.25) is 0 Å². The highest BCUT2D eigenvalue weighted by molar-refractivity contribution is 5.98. The van der Waals surface area contributed by atoms with Crippen molar-refractivity contribution in [1.82, 2.24) is 10.3 Å². The predicted molar refractivity (Wildman–Crippen MR) is 56.2 cm³/mol. The highest BCUT2D eigenvalue weighted by Gasteiger charge is 2.08. The maximum absolute atomic E-state index is 12.9. The van der Waals surface area contributed by atoms with Gasteiger partial charge in [-0.3, -0.25) is 4.79 Å². The van der Waals surface area contributed by atoms with Crippen molar-refractivity contribution >= 4 is 16.8 Å². The lowest BCUT2D eigenvalue weighted by Crippen LogP contribution is -2.23. The van der Waals surface area contributed by atoms with Gasteiger partial charge in [-0.15, -0.1) is 0 Å². The lowest BCUT2D eigenvalue weighted by Gasteiger charge is -1.95. The molecule has 1 aromatic heterocycles. The minimum atomic E-state index is -0.377. The Hall–Kier alpha value is -2.35. The molecule has 0 atom stereocenters. The summed E-state index contributed by atoms with van der Waals surface area (Å²) in [6, 6.07) is 7.57. The first-order valence-electron chi connectivity index (χ1n) is 4.64. The molecule has 0 fully saturated rings. The molecule has 0 aliphatic carbocycles. The average Bonchev–Trinajstić information content (AvgIpc) is 2.68. The molecule has 0 aliphatic heterocycles. The number of benzene rings is 1. The molecule has 0 unspecified atom stereocenters. The van der Waals surface area contributed by atoms with E-state index in [4.69, 9.17) is 5.26 Å². The summed E-state index contributed by atoms with van der Waals surface area (Å²) < 4.78 is 12.9. The Bertz CT molecular complexity index is 582. The number of hydrogen-bond acceptors (Lipinski definition) is 2. The molecule has 1 amide bonds. The Morgan fingerprint density at radius 2 is 2.31 bits per heavy atom. The maximum atomic E-state index is 12.9. The van der Waals surface area contributed by atoms with Gasteiger partial charge in [0, 0.05) is 10.9 Å². The number of hydrogen-bond donors (Lipinski definition) is 2. The number of carbonyl (C=O) groups is 1. The normalized spacial score (nSPS) is 10.0. The molecule has 16 heavy (non-hydrogen) atoms. The number of amides is 1. The van der Waals surface area contributed by atoms with Crippen molar-refractivity contribution in [3.8, 4) is 6.07 Å². The molecule has 5 heteroatoms. The predicted octanol–water partition coefficient (Wildman–Crippen LogP) is 1.56. The van der Waals surface area contributed by atoms with E-state index in [0.29, 0.717) is 16.6 Å². The van der Waals surface area contributed by atoms with Gasteiger partial charge in [0.05, 0.1) is 6.07 Å². The van der Waals surface area contributed by atoms with Crippen molar-refractivity contribution in [2.75, 3.05) is 6.54 Å². The number of fused-ring (bicyclic) bond motifs is 1. The van der Waals surface area contributed by atoms with Gasteiger partial charge in [-0.1, -0.05) is 0 Å². The third kappa shape index (κ3) is 1.86. The Morgan fingerprint density at radius 1 is 1.50 bits per heavy atom. The summed E-state index contributed by atoms with van der Waals surface area (Å²) in [5.74, 6) is -0.728. The largest absolute Gasteiger partial charge is 0.351 e. The number of nitrogens with one attached hydrogen (secondary N) is 2. The first-order chi connectivity index (χ1) is 7.70. The summed E-state index contributed by atoms with van der Waals surface area (Å²) in [7, 11) is 0. The Balaban J connectivity index is 2.33. The zero-order chi connectivity index (χ0) is 11.5. The van der Waals surface area contributed by atoms with E-state index in [1.807, 2.05) is 0 Å². The zero-order valence-electron chi connectivity index (χ0n) is 8.25. The van der Waals surface area contributed by atoms with Crippen LogP contribution in [0, 0.1) is 17.1 Å². The second kappa shape index (κ2) is 4.03. The number of carbonyl (C=O) groups excluding carboxylic acids is 1. The fourth-order valence-electron chi connectivity index (χ4n) is 1.44. The number of rotatable bonds is 2. The van der Waals surface area contributed by atoms with E-state index >= 15 is 0 Å². The molecule has 2 N–H and O–H groups in total. The van der Waals surface area contributed by atoms with Gasteiger partial charge >= 0.3 is 0 Å². The van der Waals surface area contributed by atoms with Crippen molar-refractivity contribution in [1.29, 1.82) is 5.26 Å². The van der Waals surface area contributed by atoms with Gasteiger partial charge in [-0.2, -0.15) is 5.26 Å². The van der Waals surface area contributed by atoms with Gasteiger partial charge in [0.1, 0.15) is 18.1 Å². The van der Waals surface area contributed by atoms with Gasteiger partial charge in [0.2, 0.25) is 0 Å². The Labute approximate surface area is 90.7 Å². The highest BCUT2D eigenvalue weighted by atomic mass is 19.1. The van der Waals surface area contributed by atoms with Crippen LogP contribution in [-0.4, -0.2) is 17.4 Å². The molecular weight excluding hydrogens is 209 g/mol. The van der Waals surface area contributed by atoms with Gasteiger partial charge in [-0.25, -0.2) is 4.39 Å². The van der Waals surface area contributed by atoms with Crippen molar-refractivity contribution < 1.29 is 9.18 Å². The highest BCUT2D eigenvalue weighted by Crippen LogP contribution is 2.16. The van der Waals surface area contributed by atoms with Crippen LogP contribution < -0.4 is 5.32 Å². The SMILES string of the molecule is N#CCNC(=O)c1cc2cc(F)ccc2[nH]1. The van der Waals surface area contributed by atoms with Crippen molar-refractivity contribution in [2.45, 2.75) is 0 Å². The fourth-order valence-corrected chi connectivity index (χ4v) is 1.44. The Morgan fingerprint density at radius 3 is 3.06 bits per heavy atom. The molecule has 80 valence electrons. The topological polar surface area (TPSA) is 68.7 Å². The van der Waals surface area contributed by atoms with Crippen LogP contribution in [0.3, 0.4) is 0 Å². The second-order valence-corrected chi connectivity index (χ2v) is 3.26. The van der Waals surface area contributed by atoms with E-state index < -0.39 is 0 Å². The molecule has 1 heterocycles. The van der Waals surface area contributed by atoms with Crippen LogP contribution in [0.1, 0.15) is 10.5 Å². The van der Waals surface area contributed by atoms with Crippen LogP contribution in [0.25, 0.3) is 10.9 Å². The summed E-state index contributed by atoms with van der Waals surface area (Å²) in [5.41, 5.74) is 0.999. The number of aromatic nitrogens is 1. The molecule has 0 bridgehead atoms. The van der Waals surface area contributed by atoms with E-state index in [2.05, 4.69) is 10.3 Å². The number of nitriles is 1. The first kappa shape index (κ1) is 10.2. The quantitative estimate of drug-likeness (QED) is 0.749. The van der Waals surface area contributed by atoms with Gasteiger partial charge < -0.3 is 10.3 Å². The number of aromatic amines is 1. The minimum Gasteiger partial charge on any atom is -0.351 e. The molecule has 1 aromatic carbocycles. The molecule has 2 rings (SSSR count). The third-order valence-corrected chi connectivity index (χ3v) is 2.16. The average molecular weight is 217 g/mol. The number of H-pyrrole nitrogens is 1. The summed E-state index contributed by atoms with van der Waals surface area (Å²) in [6.45, 7) is -0.0530. The van der Waals surface area contributed by atoms with E-state index in [1.54, 1.807) is 18.2 Å². The van der Waals surface area contributed by atoms with Crippen molar-refractivity contribution in [3.05, 3.63) is 35.8 Å². The van der Waals surface area contributed by atoms with E-state index in [0.717, 1.165) is 0 Å². The Kier molecular flexibility index (Phi) is 2.56. The third-order valence-electron chi connectivity index (χ3n) is 2.16. The first-order valence-corrected chi connectivity index (χ1v) is 4.64. The lowest BCUT2D eigenvalue weighted by molar-refractivity contribution is 0.0954. The number of halogens is 1. The summed E-state index contributed by atoms with van der Waals surface area (Å²) in [4.78, 5) is 14.3. The van der Waals surface area contributed by atoms with Crippen LogP contribution in [-0.2, 0) is 0 Å². The van der Waals surface area contributed by atoms with E-state index in [1.165, 1.54) is 12.1 Å². The van der Waals surface area contributed by atoms with Gasteiger partial charge in [-0.05, 0) is 24.3 Å². The fraction of sp³-hybridized carbons (Fsp3) is 0.0909. The molecule has 0 saturated carbocycles. The van der Waals surface area contributed by atoms with Crippen LogP contribution in [0.15, 0.2) is 24.3 Å². The summed E-state index contributed by atoms with van der Waals surface area (Å²) in [6.07, 6.45) is 0. The summed E-state index contributed by atoms with van der Waals surface area (Å²) >= 11 is 0. The molecule has 0 saturated heterocycles. The standard InChI is InChI=1S/C11H8FN3O/c12-8-1-2-9-7(5-8)6-10(15-9)11(16)14-4-3-13/h1-2,5-6,15H,4H2,(H,14,16). The minimum absolute atomic E-state index is 0.0530. The molecule has 2 aromatic rings. The zero-order valence-corrected chi connectivity index (χ0v) is 8.25. The van der Waals surface area contributed by atoms with Crippen molar-refractivity contribution in [2.24, 2.45) is 0 Å². The lowest BCUT2D eigenvalue weighted by atomic mass is 10.2. The number of nitrogens with zero attached hydrogens (tertiary/aromatic N) is 1. The van der Waals surface area contributed by atoms with Crippen molar-refractivity contribution in [3.63, 3.8) is 0 Å². The monoisotopic (exact) mass is 217 g/mol. The molecule has 0 radical (unpaired) electrons. The molecular formula is C11H8FN3O. The molecule has 4 nitrogen and oxygen atoms in total. The van der Waals surface area contributed by atoms with Gasteiger partial charge in [0.15, 0.2) is 0 Å². The second-order valence-electron chi connectivity index (χ2n) is 3.26. The van der Waals surface area contributed by atoms with Gasteiger partial charge in [0.25, 0.3) is 5.91 Å². The van der Waals surface area contributed by atoms with Crippen LogP contribution >= 0.6 is 0 Å². The van der Waals surface area contributed by atoms with E-state index in [9.17, 15) is 9.18 Å². The van der Waals surface area contributed by atoms with Crippen LogP contribution in [0.4, 0.5) is 4.39 Å².